The number of ether oxygens (including phenoxy) is 5. The zero-order valence-electron chi connectivity index (χ0n) is 21.7. The average Bonchev–Trinajstić information content (AvgIpc) is 2.89. The van der Waals surface area contributed by atoms with Gasteiger partial charge in [0, 0.05) is 11.8 Å². The molecule has 3 aliphatic heterocycles. The van der Waals surface area contributed by atoms with Gasteiger partial charge in [0.1, 0.15) is 42.7 Å². The van der Waals surface area contributed by atoms with Crippen molar-refractivity contribution in [2.75, 3.05) is 33.0 Å². The number of carboxylic acid groups (broad SMARTS) is 1. The van der Waals surface area contributed by atoms with E-state index in [1.807, 2.05) is 0 Å². The third-order valence-electron chi connectivity index (χ3n) is 7.11. The molecule has 41 heavy (non-hydrogen) atoms. The molecule has 19 heteroatoms. The second-order valence-electron chi connectivity index (χ2n) is 9.96. The van der Waals surface area contributed by atoms with E-state index in [9.17, 15) is 49.0 Å². The van der Waals surface area contributed by atoms with Crippen LogP contribution in [0.2, 0.25) is 0 Å². The molecule has 0 radical (unpaired) electrons. The predicted octanol–water partition coefficient (Wildman–Crippen LogP) is -4.89. The Hall–Kier alpha value is -1.56. The first-order valence-electron chi connectivity index (χ1n) is 12.6. The molecule has 2 saturated heterocycles. The van der Waals surface area contributed by atoms with Gasteiger partial charge in [-0.3, -0.25) is 4.55 Å². The molecule has 0 aliphatic carbocycles. The summed E-state index contributed by atoms with van der Waals surface area (Å²) in [4.78, 5) is 11.2. The van der Waals surface area contributed by atoms with Crippen LogP contribution in [-0.2, 0) is 43.1 Å². The van der Waals surface area contributed by atoms with Crippen LogP contribution in [0.1, 0.15) is 6.92 Å². The molecule has 0 aromatic carbocycles. The van der Waals surface area contributed by atoms with Gasteiger partial charge in [0.2, 0.25) is 5.76 Å². The van der Waals surface area contributed by atoms with E-state index in [4.69, 9.17) is 33.3 Å². The van der Waals surface area contributed by atoms with Crippen LogP contribution >= 0.6 is 0 Å². The maximum Gasteiger partial charge on any atom is 0.397 e. The van der Waals surface area contributed by atoms with Crippen molar-refractivity contribution >= 4 is 16.4 Å². The Kier molecular flexibility index (Phi) is 11.8. The van der Waals surface area contributed by atoms with Crippen LogP contribution in [-0.4, -0.2) is 160 Å². The minimum atomic E-state index is -5.03. The lowest BCUT2D eigenvalue weighted by Crippen LogP contribution is -2.59. The van der Waals surface area contributed by atoms with E-state index in [1.165, 1.54) is 6.92 Å². The van der Waals surface area contributed by atoms with Gasteiger partial charge >= 0.3 is 16.4 Å². The molecule has 8 unspecified atom stereocenters. The fraction of sp³-hybridized carbons (Fsp3) is 0.864. The number of aliphatic carboxylic acids is 1. The molecule has 3 heterocycles. The smallest absolute Gasteiger partial charge is 0.397 e. The summed E-state index contributed by atoms with van der Waals surface area (Å²) < 4.78 is 62.5. The van der Waals surface area contributed by atoms with Crippen LogP contribution in [0.5, 0.6) is 0 Å². The van der Waals surface area contributed by atoms with Crippen molar-refractivity contribution < 1.29 is 86.5 Å². The number of carbonyl (C=O) groups is 1. The summed E-state index contributed by atoms with van der Waals surface area (Å²) in [5, 5.41) is 80.5. The van der Waals surface area contributed by atoms with Crippen molar-refractivity contribution in [3.63, 3.8) is 0 Å². The molecule has 238 valence electrons. The quantitative estimate of drug-likeness (QED) is 0.0924. The molecule has 18 nitrogen and oxygen atoms in total. The molecule has 9 N–H and O–H groups in total. The SMILES string of the molecule is CC1O[C@@H](COCC2C(COC[C@@H]3OC(C(=O)O)=C[C@H](O)C3O)C(O)OC(CO)[C@@H]2O)C(O)C(OS(=O)(=O)O)[C@H]1O. The van der Waals surface area contributed by atoms with Crippen molar-refractivity contribution in [2.24, 2.45) is 11.8 Å². The number of hydrogen-bond donors (Lipinski definition) is 9. The van der Waals surface area contributed by atoms with Crippen molar-refractivity contribution in [3.8, 4) is 0 Å². The first-order valence-corrected chi connectivity index (χ1v) is 13.9. The van der Waals surface area contributed by atoms with E-state index in [0.29, 0.717) is 0 Å². The van der Waals surface area contributed by atoms with Crippen LogP contribution in [0, 0.1) is 11.8 Å². The second-order valence-corrected chi connectivity index (χ2v) is 11.0. The molecule has 0 amide bonds. The third kappa shape index (κ3) is 8.51. The minimum Gasteiger partial charge on any atom is -0.478 e. The van der Waals surface area contributed by atoms with Crippen molar-refractivity contribution in [2.45, 2.75) is 74.3 Å². The lowest BCUT2D eigenvalue weighted by molar-refractivity contribution is -0.273. The first kappa shape index (κ1) is 33.9. The Balaban J connectivity index is 1.63. The van der Waals surface area contributed by atoms with Gasteiger partial charge in [0.05, 0.1) is 45.2 Å². The van der Waals surface area contributed by atoms with Gasteiger partial charge in [0.15, 0.2) is 12.4 Å². The van der Waals surface area contributed by atoms with Gasteiger partial charge in [-0.25, -0.2) is 8.98 Å². The summed E-state index contributed by atoms with van der Waals surface area (Å²) >= 11 is 0. The molecular formula is C22H36O18S. The summed E-state index contributed by atoms with van der Waals surface area (Å²) in [6.07, 6.45) is -15.2. The Morgan fingerprint density at radius 1 is 0.854 bits per heavy atom. The summed E-state index contributed by atoms with van der Waals surface area (Å²) in [5.74, 6) is -4.05. The molecule has 0 aromatic rings. The monoisotopic (exact) mass is 620 g/mol. The molecular weight excluding hydrogens is 584 g/mol. The number of aliphatic hydroxyl groups is 7. The Morgan fingerprint density at radius 3 is 2.05 bits per heavy atom. The summed E-state index contributed by atoms with van der Waals surface area (Å²) in [6, 6.07) is 0. The van der Waals surface area contributed by atoms with E-state index >= 15 is 0 Å². The fourth-order valence-electron chi connectivity index (χ4n) is 4.83. The topological polar surface area (TPSA) is 289 Å². The highest BCUT2D eigenvalue weighted by molar-refractivity contribution is 7.80. The molecule has 0 bridgehead atoms. The molecule has 0 spiro atoms. The second kappa shape index (κ2) is 14.3. The number of hydrogen-bond acceptors (Lipinski definition) is 16. The Labute approximate surface area is 234 Å². The normalized spacial score (nSPS) is 41.9. The lowest BCUT2D eigenvalue weighted by Gasteiger charge is -2.43. The maximum absolute atomic E-state index is 11.2. The van der Waals surface area contributed by atoms with Crippen molar-refractivity contribution in [1.29, 1.82) is 0 Å². The molecule has 0 saturated carbocycles. The number of carboxylic acids is 1. The van der Waals surface area contributed by atoms with Gasteiger partial charge in [-0.05, 0) is 13.0 Å². The highest BCUT2D eigenvalue weighted by Gasteiger charge is 2.47. The zero-order chi connectivity index (χ0) is 30.6. The number of aliphatic hydroxyl groups excluding tert-OH is 7. The van der Waals surface area contributed by atoms with Gasteiger partial charge in [-0.1, -0.05) is 0 Å². The molecule has 13 atom stereocenters. The zero-order valence-corrected chi connectivity index (χ0v) is 22.5. The largest absolute Gasteiger partial charge is 0.478 e. The first-order chi connectivity index (χ1) is 19.1. The van der Waals surface area contributed by atoms with E-state index in [0.717, 1.165) is 6.08 Å². The predicted molar refractivity (Wildman–Crippen MR) is 128 cm³/mol. The Morgan fingerprint density at radius 2 is 1.46 bits per heavy atom. The highest BCUT2D eigenvalue weighted by Crippen LogP contribution is 2.32. The fourth-order valence-corrected chi connectivity index (χ4v) is 5.34. The van der Waals surface area contributed by atoms with Crippen LogP contribution in [0.25, 0.3) is 0 Å². The van der Waals surface area contributed by atoms with E-state index < -0.39 is 121 Å². The average molecular weight is 621 g/mol. The van der Waals surface area contributed by atoms with Gasteiger partial charge < -0.3 is 64.5 Å². The van der Waals surface area contributed by atoms with Gasteiger partial charge in [-0.15, -0.1) is 0 Å². The Bertz CT molecular complexity index is 1010. The van der Waals surface area contributed by atoms with Crippen LogP contribution in [0.3, 0.4) is 0 Å². The van der Waals surface area contributed by atoms with E-state index in [-0.39, 0.29) is 13.2 Å². The molecule has 3 rings (SSSR count). The summed E-state index contributed by atoms with van der Waals surface area (Å²) in [5.41, 5.74) is 0. The van der Waals surface area contributed by atoms with Gasteiger partial charge in [0.25, 0.3) is 0 Å². The van der Waals surface area contributed by atoms with Crippen molar-refractivity contribution in [3.05, 3.63) is 11.8 Å². The third-order valence-corrected chi connectivity index (χ3v) is 7.58. The minimum absolute atomic E-state index is 0.341. The standard InChI is InChI=1S/C22H36O18S/c1-8-16(25)20(40-41(32,33)34)19(28)15(37-8)7-35-4-9-10(22(31)39-13(3-23)17(9)26)5-36-6-14-18(27)11(24)2-12(38-14)21(29)30/h2,8-11,13-20,22-28,31H,3-7H2,1H3,(H,29,30)(H,32,33,34)/t8?,9?,10?,11-,13?,14-,15-,16-,17+,18?,19?,20?,22?/m0/s1. The van der Waals surface area contributed by atoms with Crippen molar-refractivity contribution in [1.82, 2.24) is 0 Å². The highest BCUT2D eigenvalue weighted by atomic mass is 32.3. The molecule has 3 aliphatic rings. The summed E-state index contributed by atoms with van der Waals surface area (Å²) in [6.45, 7) is -0.853. The summed E-state index contributed by atoms with van der Waals surface area (Å²) in [7, 11) is -5.03. The van der Waals surface area contributed by atoms with Crippen LogP contribution in [0.4, 0.5) is 0 Å². The number of rotatable bonds is 12. The van der Waals surface area contributed by atoms with E-state index in [2.05, 4.69) is 4.18 Å². The van der Waals surface area contributed by atoms with Crippen LogP contribution in [0.15, 0.2) is 11.8 Å². The van der Waals surface area contributed by atoms with Crippen LogP contribution < -0.4 is 0 Å². The molecule has 2 fully saturated rings. The van der Waals surface area contributed by atoms with Gasteiger partial charge in [-0.2, -0.15) is 8.42 Å². The molecule has 0 aromatic heterocycles. The lowest BCUT2D eigenvalue weighted by atomic mass is 9.83. The maximum atomic E-state index is 11.2. The van der Waals surface area contributed by atoms with E-state index in [1.54, 1.807) is 0 Å².